The summed E-state index contributed by atoms with van der Waals surface area (Å²) >= 11 is 0. The second-order valence-electron chi connectivity index (χ2n) is 3.75. The van der Waals surface area contributed by atoms with E-state index in [2.05, 4.69) is 5.32 Å². The average molecular weight is 222 g/mol. The molecule has 1 saturated heterocycles. The number of rotatable bonds is 3. The Labute approximate surface area is 93.4 Å². The minimum Gasteiger partial charge on any atom is -0.459 e. The first-order valence-electron chi connectivity index (χ1n) is 5.37. The van der Waals surface area contributed by atoms with Crippen molar-refractivity contribution >= 4 is 11.8 Å². The number of hydrogen-bond donors (Lipinski definition) is 1. The van der Waals surface area contributed by atoms with Gasteiger partial charge in [0, 0.05) is 13.1 Å². The smallest absolute Gasteiger partial charge is 0.287 e. The maximum absolute atomic E-state index is 11.6. The van der Waals surface area contributed by atoms with E-state index < -0.39 is 0 Å². The molecule has 2 amide bonds. The Balaban J connectivity index is 1.79. The van der Waals surface area contributed by atoms with Crippen molar-refractivity contribution in [3.05, 3.63) is 24.2 Å². The lowest BCUT2D eigenvalue weighted by Crippen LogP contribution is -2.38. The number of amides is 2. The van der Waals surface area contributed by atoms with Crippen LogP contribution in [0, 0.1) is 0 Å². The molecular formula is C11H14N2O3. The largest absolute Gasteiger partial charge is 0.459 e. The van der Waals surface area contributed by atoms with Crippen molar-refractivity contribution in [1.82, 2.24) is 10.2 Å². The Morgan fingerprint density at radius 3 is 2.75 bits per heavy atom. The third-order valence-corrected chi connectivity index (χ3v) is 2.60. The number of nitrogens with zero attached hydrogens (tertiary/aromatic N) is 1. The van der Waals surface area contributed by atoms with Crippen LogP contribution in [-0.2, 0) is 4.79 Å². The first kappa shape index (κ1) is 10.7. The minimum atomic E-state index is -0.349. The van der Waals surface area contributed by atoms with E-state index in [0.717, 1.165) is 25.9 Å². The quantitative estimate of drug-likeness (QED) is 0.816. The van der Waals surface area contributed by atoms with Crippen LogP contribution in [-0.4, -0.2) is 36.3 Å². The predicted molar refractivity (Wildman–Crippen MR) is 56.9 cm³/mol. The van der Waals surface area contributed by atoms with Crippen molar-refractivity contribution in [3.63, 3.8) is 0 Å². The van der Waals surface area contributed by atoms with E-state index >= 15 is 0 Å². The molecule has 0 aromatic carbocycles. The van der Waals surface area contributed by atoms with Gasteiger partial charge in [0.25, 0.3) is 5.91 Å². The van der Waals surface area contributed by atoms with Crippen LogP contribution in [0.1, 0.15) is 23.4 Å². The molecule has 1 aromatic heterocycles. The van der Waals surface area contributed by atoms with Gasteiger partial charge in [-0.3, -0.25) is 9.59 Å². The van der Waals surface area contributed by atoms with Crippen LogP contribution in [0.25, 0.3) is 0 Å². The van der Waals surface area contributed by atoms with Crippen LogP contribution in [0.3, 0.4) is 0 Å². The number of carbonyl (C=O) groups is 2. The second kappa shape index (κ2) is 4.83. The number of nitrogens with one attached hydrogen (secondary N) is 1. The Kier molecular flexibility index (Phi) is 3.24. The highest BCUT2D eigenvalue weighted by Crippen LogP contribution is 2.07. The van der Waals surface area contributed by atoms with E-state index in [9.17, 15) is 9.59 Å². The maximum Gasteiger partial charge on any atom is 0.287 e. The van der Waals surface area contributed by atoms with Crippen LogP contribution < -0.4 is 5.32 Å². The molecule has 16 heavy (non-hydrogen) atoms. The van der Waals surface area contributed by atoms with Crippen LogP contribution in [0.4, 0.5) is 0 Å². The second-order valence-corrected chi connectivity index (χ2v) is 3.75. The van der Waals surface area contributed by atoms with Gasteiger partial charge in [0.05, 0.1) is 12.8 Å². The molecule has 5 nitrogen and oxygen atoms in total. The van der Waals surface area contributed by atoms with Gasteiger partial charge < -0.3 is 14.6 Å². The van der Waals surface area contributed by atoms with Crippen molar-refractivity contribution in [3.8, 4) is 0 Å². The SMILES string of the molecule is O=C(NCC(=O)N1CCCC1)c1ccco1. The summed E-state index contributed by atoms with van der Waals surface area (Å²) in [6, 6.07) is 3.20. The topological polar surface area (TPSA) is 62.6 Å². The molecule has 5 heteroatoms. The molecule has 0 aliphatic carbocycles. The molecule has 86 valence electrons. The lowest BCUT2D eigenvalue weighted by molar-refractivity contribution is -0.129. The zero-order valence-electron chi connectivity index (χ0n) is 8.94. The van der Waals surface area contributed by atoms with Crippen molar-refractivity contribution < 1.29 is 14.0 Å². The van der Waals surface area contributed by atoms with Gasteiger partial charge in [0.2, 0.25) is 5.91 Å². The highest BCUT2D eigenvalue weighted by molar-refractivity contribution is 5.94. The fourth-order valence-corrected chi connectivity index (χ4v) is 1.73. The van der Waals surface area contributed by atoms with E-state index in [1.165, 1.54) is 6.26 Å². The third-order valence-electron chi connectivity index (χ3n) is 2.60. The number of likely N-dealkylation sites (tertiary alicyclic amines) is 1. The minimum absolute atomic E-state index is 0.0302. The molecule has 0 saturated carbocycles. The number of hydrogen-bond acceptors (Lipinski definition) is 3. The molecule has 1 aliphatic heterocycles. The Bertz CT molecular complexity index is 367. The monoisotopic (exact) mass is 222 g/mol. The summed E-state index contributed by atoms with van der Waals surface area (Å²) in [5.41, 5.74) is 0. The summed E-state index contributed by atoms with van der Waals surface area (Å²) in [4.78, 5) is 24.8. The summed E-state index contributed by atoms with van der Waals surface area (Å²) in [5.74, 6) is -0.149. The Hall–Kier alpha value is -1.78. The highest BCUT2D eigenvalue weighted by Gasteiger charge is 2.18. The van der Waals surface area contributed by atoms with Gasteiger partial charge in [-0.15, -0.1) is 0 Å². The molecule has 0 unspecified atom stereocenters. The maximum atomic E-state index is 11.6. The average Bonchev–Trinajstić information content (AvgIpc) is 2.95. The van der Waals surface area contributed by atoms with Crippen molar-refractivity contribution in [1.29, 1.82) is 0 Å². The van der Waals surface area contributed by atoms with Crippen LogP contribution in [0.5, 0.6) is 0 Å². The summed E-state index contributed by atoms with van der Waals surface area (Å²) in [5, 5.41) is 2.54. The van der Waals surface area contributed by atoms with Gasteiger partial charge in [-0.1, -0.05) is 0 Å². The molecule has 0 spiro atoms. The standard InChI is InChI=1S/C11H14N2O3/c14-10(13-5-1-2-6-13)8-12-11(15)9-4-3-7-16-9/h3-4,7H,1-2,5-6,8H2,(H,12,15). The highest BCUT2D eigenvalue weighted by atomic mass is 16.3. The fourth-order valence-electron chi connectivity index (χ4n) is 1.73. The van der Waals surface area contributed by atoms with Gasteiger partial charge >= 0.3 is 0 Å². The first-order chi connectivity index (χ1) is 7.77. The molecule has 2 heterocycles. The molecular weight excluding hydrogens is 208 g/mol. The van der Waals surface area contributed by atoms with Crippen molar-refractivity contribution in [2.75, 3.05) is 19.6 Å². The molecule has 1 N–H and O–H groups in total. The van der Waals surface area contributed by atoms with Crippen LogP contribution in [0.15, 0.2) is 22.8 Å². The molecule has 0 atom stereocenters. The molecule has 0 radical (unpaired) electrons. The molecule has 1 aromatic rings. The molecule has 1 fully saturated rings. The zero-order chi connectivity index (χ0) is 11.4. The summed E-state index contributed by atoms with van der Waals surface area (Å²) in [6.45, 7) is 1.64. The van der Waals surface area contributed by atoms with E-state index in [0.29, 0.717) is 0 Å². The molecule has 2 rings (SSSR count). The number of furan rings is 1. The first-order valence-corrected chi connectivity index (χ1v) is 5.37. The van der Waals surface area contributed by atoms with E-state index in [1.54, 1.807) is 17.0 Å². The predicted octanol–water partition coefficient (Wildman–Crippen LogP) is 0.632. The van der Waals surface area contributed by atoms with Gasteiger partial charge in [-0.05, 0) is 25.0 Å². The van der Waals surface area contributed by atoms with Crippen LogP contribution >= 0.6 is 0 Å². The van der Waals surface area contributed by atoms with Gasteiger partial charge in [-0.25, -0.2) is 0 Å². The summed E-state index contributed by atoms with van der Waals surface area (Å²) < 4.78 is 4.92. The summed E-state index contributed by atoms with van der Waals surface area (Å²) in [7, 11) is 0. The number of carbonyl (C=O) groups excluding carboxylic acids is 2. The summed E-state index contributed by atoms with van der Waals surface area (Å²) in [6.07, 6.45) is 3.53. The van der Waals surface area contributed by atoms with Gasteiger partial charge in [0.1, 0.15) is 0 Å². The van der Waals surface area contributed by atoms with E-state index in [-0.39, 0.29) is 24.1 Å². The van der Waals surface area contributed by atoms with E-state index in [1.807, 2.05) is 0 Å². The molecule has 0 bridgehead atoms. The van der Waals surface area contributed by atoms with Crippen LogP contribution in [0.2, 0.25) is 0 Å². The lowest BCUT2D eigenvalue weighted by Gasteiger charge is -2.14. The Morgan fingerprint density at radius 2 is 2.12 bits per heavy atom. The zero-order valence-corrected chi connectivity index (χ0v) is 8.94. The molecule has 1 aliphatic rings. The van der Waals surface area contributed by atoms with E-state index in [4.69, 9.17) is 4.42 Å². The lowest BCUT2D eigenvalue weighted by atomic mass is 10.4. The van der Waals surface area contributed by atoms with Gasteiger partial charge in [0.15, 0.2) is 5.76 Å². The third kappa shape index (κ3) is 2.42. The fraction of sp³-hybridized carbons (Fsp3) is 0.455. The van der Waals surface area contributed by atoms with Gasteiger partial charge in [-0.2, -0.15) is 0 Å². The van der Waals surface area contributed by atoms with Crippen molar-refractivity contribution in [2.45, 2.75) is 12.8 Å². The normalized spacial score (nSPS) is 15.1. The Morgan fingerprint density at radius 1 is 1.38 bits per heavy atom. The van der Waals surface area contributed by atoms with Crippen molar-refractivity contribution in [2.24, 2.45) is 0 Å².